The van der Waals surface area contributed by atoms with Crippen molar-refractivity contribution in [1.29, 1.82) is 0 Å². The van der Waals surface area contributed by atoms with Crippen LogP contribution in [0.3, 0.4) is 0 Å². The van der Waals surface area contributed by atoms with E-state index in [1.54, 1.807) is 18.6 Å². The van der Waals surface area contributed by atoms with Gasteiger partial charge in [-0.05, 0) is 61.2 Å². The van der Waals surface area contributed by atoms with Crippen LogP contribution < -0.4 is 16.4 Å². The third-order valence-electron chi connectivity index (χ3n) is 7.50. The smallest absolute Gasteiger partial charge is 0.137 e. The second kappa shape index (κ2) is 11.1. The van der Waals surface area contributed by atoms with Crippen LogP contribution in [-0.2, 0) is 13.1 Å². The number of amidine groups is 1. The summed E-state index contributed by atoms with van der Waals surface area (Å²) in [7, 11) is 0. The zero-order valence-electron chi connectivity index (χ0n) is 21.9. The van der Waals surface area contributed by atoms with Crippen molar-refractivity contribution >= 4 is 22.9 Å². The van der Waals surface area contributed by atoms with E-state index < -0.39 is 0 Å². The van der Waals surface area contributed by atoms with Gasteiger partial charge in [-0.2, -0.15) is 0 Å². The summed E-state index contributed by atoms with van der Waals surface area (Å²) in [5, 5.41) is 6.96. The molecule has 8 nitrogen and oxygen atoms in total. The number of nitrogens with zero attached hydrogens (tertiary/aromatic N) is 5. The predicted molar refractivity (Wildman–Crippen MR) is 157 cm³/mol. The monoisotopic (exact) mass is 516 g/mol. The third kappa shape index (κ3) is 5.42. The Morgan fingerprint density at radius 2 is 1.90 bits per heavy atom. The van der Waals surface area contributed by atoms with Crippen LogP contribution in [0.2, 0.25) is 0 Å². The molecule has 0 saturated heterocycles. The lowest BCUT2D eigenvalue weighted by Gasteiger charge is -2.21. The Hall–Kier alpha value is -4.43. The van der Waals surface area contributed by atoms with Gasteiger partial charge in [0.05, 0.1) is 29.8 Å². The van der Waals surface area contributed by atoms with Gasteiger partial charge in [0.2, 0.25) is 0 Å². The van der Waals surface area contributed by atoms with Crippen LogP contribution in [0.4, 0.5) is 11.5 Å². The summed E-state index contributed by atoms with van der Waals surface area (Å²) in [6, 6.07) is 11.9. The molecule has 39 heavy (non-hydrogen) atoms. The van der Waals surface area contributed by atoms with Gasteiger partial charge in [-0.3, -0.25) is 19.9 Å². The molecule has 0 aromatic carbocycles. The molecule has 1 saturated carbocycles. The van der Waals surface area contributed by atoms with Gasteiger partial charge in [0.15, 0.2) is 0 Å². The number of nitrogens with one attached hydrogen (secondary N) is 2. The Bertz CT molecular complexity index is 1520. The fourth-order valence-electron chi connectivity index (χ4n) is 5.38. The Kier molecular flexibility index (Phi) is 7.10. The van der Waals surface area contributed by atoms with Crippen LogP contribution in [0.25, 0.3) is 28.1 Å². The molecule has 5 heterocycles. The maximum atomic E-state index is 6.37. The molecule has 0 spiro atoms. The van der Waals surface area contributed by atoms with Crippen molar-refractivity contribution < 1.29 is 0 Å². The number of rotatable bonds is 8. The van der Waals surface area contributed by atoms with Crippen molar-refractivity contribution in [3.63, 3.8) is 0 Å². The van der Waals surface area contributed by atoms with E-state index in [1.165, 1.54) is 25.7 Å². The molecule has 0 unspecified atom stereocenters. The number of hydrogen-bond donors (Lipinski definition) is 3. The SMILES string of the molecule is C=C(C1=NCc2c(-c3ccccn3)ccnc2N1)c1cc(-c2cncc(CNCC3CCCC3)c2)ncc1N. The fourth-order valence-corrected chi connectivity index (χ4v) is 5.38. The van der Waals surface area contributed by atoms with E-state index in [-0.39, 0.29) is 0 Å². The molecule has 8 heteroatoms. The van der Waals surface area contributed by atoms with E-state index in [4.69, 9.17) is 10.7 Å². The topological polar surface area (TPSA) is 114 Å². The van der Waals surface area contributed by atoms with E-state index in [2.05, 4.69) is 43.2 Å². The average molecular weight is 517 g/mol. The Balaban J connectivity index is 1.20. The third-order valence-corrected chi connectivity index (χ3v) is 7.50. The van der Waals surface area contributed by atoms with Gasteiger partial charge in [0, 0.05) is 59.2 Å². The molecule has 4 aromatic heterocycles. The molecule has 6 rings (SSSR count). The molecule has 4 N–H and O–H groups in total. The van der Waals surface area contributed by atoms with Gasteiger partial charge in [0.25, 0.3) is 0 Å². The molecule has 196 valence electrons. The zero-order valence-corrected chi connectivity index (χ0v) is 21.9. The highest BCUT2D eigenvalue weighted by Gasteiger charge is 2.21. The van der Waals surface area contributed by atoms with Crippen LogP contribution in [0.1, 0.15) is 42.4 Å². The van der Waals surface area contributed by atoms with E-state index in [9.17, 15) is 0 Å². The van der Waals surface area contributed by atoms with Gasteiger partial charge in [-0.15, -0.1) is 0 Å². The first kappa shape index (κ1) is 24.9. The highest BCUT2D eigenvalue weighted by Crippen LogP contribution is 2.33. The number of pyridine rings is 4. The van der Waals surface area contributed by atoms with Crippen LogP contribution in [-0.4, -0.2) is 32.3 Å². The summed E-state index contributed by atoms with van der Waals surface area (Å²) in [5.74, 6) is 2.19. The van der Waals surface area contributed by atoms with Crippen molar-refractivity contribution in [3.8, 4) is 22.5 Å². The van der Waals surface area contributed by atoms with Gasteiger partial charge in [-0.25, -0.2) is 4.98 Å². The molecule has 1 aliphatic heterocycles. The highest BCUT2D eigenvalue weighted by molar-refractivity contribution is 6.29. The lowest BCUT2D eigenvalue weighted by molar-refractivity contribution is 0.489. The van der Waals surface area contributed by atoms with Gasteiger partial charge in [-0.1, -0.05) is 25.5 Å². The number of aromatic nitrogens is 4. The van der Waals surface area contributed by atoms with Crippen molar-refractivity contribution in [1.82, 2.24) is 25.3 Å². The minimum Gasteiger partial charge on any atom is -0.397 e. The normalized spacial score (nSPS) is 14.9. The lowest BCUT2D eigenvalue weighted by atomic mass is 10.00. The Morgan fingerprint density at radius 3 is 2.74 bits per heavy atom. The number of aliphatic imine (C=N–C) groups is 1. The van der Waals surface area contributed by atoms with E-state index in [0.717, 1.165) is 64.0 Å². The van der Waals surface area contributed by atoms with Crippen LogP contribution >= 0.6 is 0 Å². The standard InChI is InChI=1S/C31H32N8/c1-20(30-38-18-26-24(9-11-36-31(26)39-30)28-8-4-5-10-35-28)25-13-29(37-19-27(25)32)23-12-22(16-34-17-23)15-33-14-21-6-2-3-7-21/h4-5,8-13,16-17,19,21,33H,1-3,6-7,14-15,18,32H2,(H,36,38,39). The number of fused-ring (bicyclic) bond motifs is 1. The number of nitrogens with two attached hydrogens (primary N) is 1. The van der Waals surface area contributed by atoms with Gasteiger partial charge in [0.1, 0.15) is 11.7 Å². The van der Waals surface area contributed by atoms with Crippen LogP contribution in [0.5, 0.6) is 0 Å². The van der Waals surface area contributed by atoms with Gasteiger partial charge < -0.3 is 16.4 Å². The van der Waals surface area contributed by atoms with Crippen LogP contribution in [0.15, 0.2) is 79.0 Å². The quantitative estimate of drug-likeness (QED) is 0.283. The summed E-state index contributed by atoms with van der Waals surface area (Å²) >= 11 is 0. The molecule has 0 bridgehead atoms. The minimum absolute atomic E-state index is 0.466. The minimum atomic E-state index is 0.466. The number of nitrogen functional groups attached to an aromatic ring is 1. The second-order valence-electron chi connectivity index (χ2n) is 10.2. The summed E-state index contributed by atoms with van der Waals surface area (Å²) in [6.07, 6.45) is 14.4. The maximum Gasteiger partial charge on any atom is 0.137 e. The number of anilines is 2. The molecule has 0 atom stereocenters. The predicted octanol–water partition coefficient (Wildman–Crippen LogP) is 5.50. The summed E-state index contributed by atoms with van der Waals surface area (Å²) < 4.78 is 0. The summed E-state index contributed by atoms with van der Waals surface area (Å²) in [5.41, 5.74) is 14.1. The van der Waals surface area contributed by atoms with E-state index in [0.29, 0.717) is 23.6 Å². The first-order valence-electron chi connectivity index (χ1n) is 13.5. The van der Waals surface area contributed by atoms with E-state index >= 15 is 0 Å². The first-order valence-corrected chi connectivity index (χ1v) is 13.5. The molecular formula is C31H32N8. The average Bonchev–Trinajstić information content (AvgIpc) is 3.51. The van der Waals surface area contributed by atoms with Gasteiger partial charge >= 0.3 is 0 Å². The fraction of sp³-hybridized carbons (Fsp3) is 0.258. The number of hydrogen-bond acceptors (Lipinski definition) is 8. The molecule has 0 amide bonds. The Morgan fingerprint density at radius 1 is 1.00 bits per heavy atom. The zero-order chi connectivity index (χ0) is 26.6. The van der Waals surface area contributed by atoms with Crippen LogP contribution in [0, 0.1) is 5.92 Å². The molecule has 4 aromatic rings. The summed E-state index contributed by atoms with van der Waals surface area (Å²) in [4.78, 5) is 22.9. The van der Waals surface area contributed by atoms with Crippen molar-refractivity contribution in [2.24, 2.45) is 10.9 Å². The second-order valence-corrected chi connectivity index (χ2v) is 10.2. The molecule has 1 fully saturated rings. The largest absolute Gasteiger partial charge is 0.397 e. The highest BCUT2D eigenvalue weighted by atomic mass is 15.1. The van der Waals surface area contributed by atoms with Crippen molar-refractivity contribution in [2.45, 2.75) is 38.8 Å². The molecular weight excluding hydrogens is 484 g/mol. The Labute approximate surface area is 228 Å². The summed E-state index contributed by atoms with van der Waals surface area (Å²) in [6.45, 7) is 6.64. The molecule has 1 aliphatic carbocycles. The molecule has 0 radical (unpaired) electrons. The maximum absolute atomic E-state index is 6.37. The van der Waals surface area contributed by atoms with E-state index in [1.807, 2.05) is 42.7 Å². The van der Waals surface area contributed by atoms with Crippen molar-refractivity contribution in [2.75, 3.05) is 17.6 Å². The first-order chi connectivity index (χ1) is 19.2. The van der Waals surface area contributed by atoms with Crippen molar-refractivity contribution in [3.05, 3.63) is 90.7 Å². The molecule has 2 aliphatic rings. The lowest BCUT2D eigenvalue weighted by Crippen LogP contribution is -2.21.